The monoisotopic (exact) mass is 363 g/mol. The maximum Gasteiger partial charge on any atom is 0.343 e. The molecule has 0 radical (unpaired) electrons. The summed E-state index contributed by atoms with van der Waals surface area (Å²) in [6, 6.07) is 0. The molecule has 5 nitrogen and oxygen atoms in total. The summed E-state index contributed by atoms with van der Waals surface area (Å²) in [6.45, 7) is 4.79. The van der Waals surface area contributed by atoms with Crippen molar-refractivity contribution in [3.05, 3.63) is 10.5 Å². The summed E-state index contributed by atoms with van der Waals surface area (Å²) >= 11 is 1.47. The molecule has 0 spiro atoms. The Kier molecular flexibility index (Phi) is 4.59. The van der Waals surface area contributed by atoms with E-state index in [4.69, 9.17) is 0 Å². The third-order valence-corrected chi connectivity index (χ3v) is 7.76. The van der Waals surface area contributed by atoms with Crippen molar-refractivity contribution in [1.29, 1.82) is 0 Å². The van der Waals surface area contributed by atoms with Gasteiger partial charge in [0.1, 0.15) is 0 Å². The minimum absolute atomic E-state index is 0.0774. The largest absolute Gasteiger partial charge is 0.343 e. The standard InChI is InChI=1S/C19H29N3O2S/c1-3-4-5-22-17(24)20-21-18(22)25-12(2)16(23)19-9-13-6-14(10-19)8-15(7-13)11-19/h12-15H,3-11H2,1-2H3,(H,20,24). The van der Waals surface area contributed by atoms with E-state index >= 15 is 0 Å². The van der Waals surface area contributed by atoms with Crippen molar-refractivity contribution >= 4 is 17.5 Å². The van der Waals surface area contributed by atoms with Crippen molar-refractivity contribution in [2.45, 2.75) is 82.2 Å². The molecule has 1 aromatic heterocycles. The zero-order chi connectivity index (χ0) is 17.6. The Labute approximate surface area is 153 Å². The van der Waals surface area contributed by atoms with Crippen LogP contribution >= 0.6 is 11.8 Å². The maximum absolute atomic E-state index is 13.4. The first-order valence-corrected chi connectivity index (χ1v) is 10.7. The van der Waals surface area contributed by atoms with Crippen LogP contribution in [0.15, 0.2) is 9.95 Å². The van der Waals surface area contributed by atoms with Gasteiger partial charge in [0.2, 0.25) is 0 Å². The third-order valence-electron chi connectivity index (χ3n) is 6.67. The Morgan fingerprint density at radius 3 is 2.44 bits per heavy atom. The van der Waals surface area contributed by atoms with Gasteiger partial charge < -0.3 is 0 Å². The number of rotatable bonds is 7. The van der Waals surface area contributed by atoms with E-state index < -0.39 is 0 Å². The second kappa shape index (κ2) is 6.60. The molecule has 25 heavy (non-hydrogen) atoms. The van der Waals surface area contributed by atoms with Gasteiger partial charge in [0.15, 0.2) is 10.9 Å². The Bertz CT molecular complexity index is 672. The van der Waals surface area contributed by atoms with E-state index in [0.717, 1.165) is 49.9 Å². The van der Waals surface area contributed by atoms with Gasteiger partial charge in [-0.3, -0.25) is 9.36 Å². The van der Waals surface area contributed by atoms with Gasteiger partial charge in [-0.05, 0) is 69.6 Å². The molecule has 4 aliphatic carbocycles. The normalized spacial score (nSPS) is 34.4. The summed E-state index contributed by atoms with van der Waals surface area (Å²) in [4.78, 5) is 25.4. The molecule has 1 unspecified atom stereocenters. The van der Waals surface area contributed by atoms with Crippen LogP contribution in [-0.4, -0.2) is 25.8 Å². The fraction of sp³-hybridized carbons (Fsp3) is 0.842. The second-order valence-corrected chi connectivity index (χ2v) is 9.95. The van der Waals surface area contributed by atoms with Gasteiger partial charge in [-0.1, -0.05) is 25.1 Å². The molecule has 5 rings (SSSR count). The van der Waals surface area contributed by atoms with Gasteiger partial charge in [-0.15, -0.1) is 5.10 Å². The predicted octanol–water partition coefficient (Wildman–Crippen LogP) is 3.64. The van der Waals surface area contributed by atoms with Crippen molar-refractivity contribution in [3.8, 4) is 0 Å². The molecule has 138 valence electrons. The van der Waals surface area contributed by atoms with Gasteiger partial charge in [-0.2, -0.15) is 0 Å². The lowest BCUT2D eigenvalue weighted by Crippen LogP contribution is -2.51. The molecule has 6 heteroatoms. The Morgan fingerprint density at radius 2 is 1.88 bits per heavy atom. The number of aromatic amines is 1. The number of Topliss-reactive ketones (excluding diaryl/α,β-unsaturated/α-hetero) is 1. The minimum atomic E-state index is -0.162. The number of nitrogens with one attached hydrogen (secondary N) is 1. The molecule has 1 heterocycles. The van der Waals surface area contributed by atoms with E-state index in [0.29, 0.717) is 17.5 Å². The minimum Gasteiger partial charge on any atom is -0.298 e. The number of aromatic nitrogens is 3. The van der Waals surface area contributed by atoms with Gasteiger partial charge in [-0.25, -0.2) is 9.89 Å². The summed E-state index contributed by atoms with van der Waals surface area (Å²) in [7, 11) is 0. The molecular weight excluding hydrogens is 334 g/mol. The molecular formula is C19H29N3O2S. The number of hydrogen-bond donors (Lipinski definition) is 1. The number of ketones is 1. The summed E-state index contributed by atoms with van der Waals surface area (Å²) < 4.78 is 1.69. The van der Waals surface area contributed by atoms with E-state index in [9.17, 15) is 9.59 Å². The summed E-state index contributed by atoms with van der Waals surface area (Å²) in [5, 5.41) is 7.26. The van der Waals surface area contributed by atoms with Gasteiger partial charge >= 0.3 is 5.69 Å². The number of unbranched alkanes of at least 4 members (excludes halogenated alkanes) is 1. The van der Waals surface area contributed by atoms with Crippen LogP contribution in [-0.2, 0) is 11.3 Å². The Hall–Kier alpha value is -1.04. The lowest BCUT2D eigenvalue weighted by atomic mass is 9.48. The molecule has 0 saturated heterocycles. The van der Waals surface area contributed by atoms with Crippen molar-refractivity contribution in [2.24, 2.45) is 23.2 Å². The highest BCUT2D eigenvalue weighted by Gasteiger charge is 2.55. The lowest BCUT2D eigenvalue weighted by Gasteiger charge is -2.56. The molecule has 1 atom stereocenters. The van der Waals surface area contributed by atoms with Crippen molar-refractivity contribution < 1.29 is 4.79 Å². The quantitative estimate of drug-likeness (QED) is 0.751. The topological polar surface area (TPSA) is 67.8 Å². The Balaban J connectivity index is 1.49. The SMILES string of the molecule is CCCCn1c(SC(C)C(=O)C23CC4CC(CC(C4)C2)C3)n[nH]c1=O. The molecule has 4 fully saturated rings. The molecule has 1 aromatic rings. The predicted molar refractivity (Wildman–Crippen MR) is 98.7 cm³/mol. The molecule has 4 saturated carbocycles. The van der Waals surface area contributed by atoms with Crippen LogP contribution in [0.1, 0.15) is 65.2 Å². The van der Waals surface area contributed by atoms with E-state index in [2.05, 4.69) is 17.1 Å². The molecule has 0 aromatic carbocycles. The van der Waals surface area contributed by atoms with Crippen LogP contribution in [0.4, 0.5) is 0 Å². The number of nitrogens with zero attached hydrogens (tertiary/aromatic N) is 2. The molecule has 0 amide bonds. The van der Waals surface area contributed by atoms with Gasteiger partial charge in [0.25, 0.3) is 0 Å². The van der Waals surface area contributed by atoms with Crippen LogP contribution in [0.2, 0.25) is 0 Å². The van der Waals surface area contributed by atoms with Crippen LogP contribution in [0.3, 0.4) is 0 Å². The number of carbonyl (C=O) groups excluding carboxylic acids is 1. The first kappa shape index (κ1) is 17.4. The van der Waals surface area contributed by atoms with Crippen molar-refractivity contribution in [1.82, 2.24) is 14.8 Å². The van der Waals surface area contributed by atoms with Gasteiger partial charge in [0.05, 0.1) is 5.25 Å². The third kappa shape index (κ3) is 3.11. The fourth-order valence-corrected chi connectivity index (χ4v) is 7.03. The average molecular weight is 364 g/mol. The van der Waals surface area contributed by atoms with E-state index in [1.807, 2.05) is 6.92 Å². The molecule has 4 bridgehead atoms. The Morgan fingerprint density at radius 1 is 1.28 bits per heavy atom. The van der Waals surface area contributed by atoms with E-state index in [-0.39, 0.29) is 16.4 Å². The highest BCUT2D eigenvalue weighted by molar-refractivity contribution is 8.00. The van der Waals surface area contributed by atoms with Crippen molar-refractivity contribution in [3.63, 3.8) is 0 Å². The van der Waals surface area contributed by atoms with Gasteiger partial charge in [0, 0.05) is 12.0 Å². The molecule has 4 aliphatic rings. The molecule has 1 N–H and O–H groups in total. The fourth-order valence-electron chi connectivity index (χ4n) is 5.96. The zero-order valence-corrected chi connectivity index (χ0v) is 16.1. The van der Waals surface area contributed by atoms with Crippen LogP contribution in [0, 0.1) is 23.2 Å². The highest BCUT2D eigenvalue weighted by Crippen LogP contribution is 2.61. The zero-order valence-electron chi connectivity index (χ0n) is 15.3. The van der Waals surface area contributed by atoms with E-state index in [1.165, 1.54) is 31.0 Å². The smallest absolute Gasteiger partial charge is 0.298 e. The summed E-state index contributed by atoms with van der Waals surface area (Å²) in [6.07, 6.45) is 9.34. The van der Waals surface area contributed by atoms with Crippen LogP contribution < -0.4 is 5.69 Å². The first-order chi connectivity index (χ1) is 12.0. The van der Waals surface area contributed by atoms with Crippen molar-refractivity contribution in [2.75, 3.05) is 0 Å². The number of carbonyl (C=O) groups is 1. The number of H-pyrrole nitrogens is 1. The number of thioether (sulfide) groups is 1. The lowest BCUT2D eigenvalue weighted by molar-refractivity contribution is -0.142. The first-order valence-electron chi connectivity index (χ1n) is 9.87. The second-order valence-electron chi connectivity index (χ2n) is 8.64. The average Bonchev–Trinajstić information content (AvgIpc) is 2.90. The van der Waals surface area contributed by atoms with Crippen LogP contribution in [0.25, 0.3) is 0 Å². The highest BCUT2D eigenvalue weighted by atomic mass is 32.2. The maximum atomic E-state index is 13.4. The van der Waals surface area contributed by atoms with Crippen LogP contribution in [0.5, 0.6) is 0 Å². The summed E-state index contributed by atoms with van der Waals surface area (Å²) in [5.41, 5.74) is -0.239. The number of hydrogen-bond acceptors (Lipinski definition) is 4. The summed E-state index contributed by atoms with van der Waals surface area (Å²) in [5.74, 6) is 2.75. The van der Waals surface area contributed by atoms with E-state index in [1.54, 1.807) is 4.57 Å². The molecule has 0 aliphatic heterocycles.